The number of nitrogens with one attached hydrogen (secondary N) is 1. The molecule has 0 radical (unpaired) electrons. The summed E-state index contributed by atoms with van der Waals surface area (Å²) in [6, 6.07) is 3.41. The minimum atomic E-state index is -1.78. The fourth-order valence-electron chi connectivity index (χ4n) is 4.21. The summed E-state index contributed by atoms with van der Waals surface area (Å²) >= 11 is 11.4. The molecule has 45 heavy (non-hydrogen) atoms. The second-order valence-corrected chi connectivity index (χ2v) is 10.4. The van der Waals surface area contributed by atoms with Gasteiger partial charge in [-0.3, -0.25) is 34.1 Å². The molecule has 0 aromatic heterocycles. The van der Waals surface area contributed by atoms with Crippen LogP contribution in [-0.4, -0.2) is 96.0 Å². The molecule has 248 valence electrons. The number of esters is 5. The van der Waals surface area contributed by atoms with Gasteiger partial charge < -0.3 is 38.5 Å². The number of methoxy groups -OCH3 is 1. The van der Waals surface area contributed by atoms with Gasteiger partial charge in [-0.25, -0.2) is 4.79 Å². The lowest BCUT2D eigenvalue weighted by atomic mass is 9.97. The van der Waals surface area contributed by atoms with E-state index in [4.69, 9.17) is 56.4 Å². The molecule has 1 aromatic carbocycles. The Balaban J connectivity index is 2.58. The van der Waals surface area contributed by atoms with Crippen molar-refractivity contribution in [3.63, 3.8) is 0 Å². The lowest BCUT2D eigenvalue weighted by Gasteiger charge is -2.43. The van der Waals surface area contributed by atoms with Crippen LogP contribution in [0, 0.1) is 10.1 Å². The molecule has 7 atom stereocenters. The molecular formula is C26H30Cl2N2O15. The third kappa shape index (κ3) is 10.8. The van der Waals surface area contributed by atoms with Gasteiger partial charge in [-0.15, -0.1) is 0 Å². The van der Waals surface area contributed by atoms with Crippen molar-refractivity contribution < 1.29 is 66.8 Å². The molecule has 0 unspecified atom stereocenters. The molecule has 0 spiro atoms. The Labute approximate surface area is 265 Å². The summed E-state index contributed by atoms with van der Waals surface area (Å²) < 4.78 is 37.5. The number of rotatable bonds is 13. The molecular weight excluding hydrogens is 651 g/mol. The number of alkyl halides is 2. The number of nitro benzene ring substituents is 1. The Bertz CT molecular complexity index is 1280. The maximum absolute atomic E-state index is 12.7. The molecule has 1 aliphatic heterocycles. The molecule has 0 bridgehead atoms. The van der Waals surface area contributed by atoms with Gasteiger partial charge in [0.2, 0.25) is 0 Å². The van der Waals surface area contributed by atoms with Gasteiger partial charge in [-0.2, -0.15) is 0 Å². The van der Waals surface area contributed by atoms with Crippen molar-refractivity contribution in [3.05, 3.63) is 39.9 Å². The molecule has 2 rings (SSSR count). The van der Waals surface area contributed by atoms with Crippen molar-refractivity contribution >= 4 is 64.6 Å². The third-order valence-electron chi connectivity index (χ3n) is 5.89. The van der Waals surface area contributed by atoms with Crippen LogP contribution >= 0.6 is 23.2 Å². The highest BCUT2D eigenvalue weighted by molar-refractivity contribution is 6.53. The lowest BCUT2D eigenvalue weighted by molar-refractivity contribution is -0.384. The van der Waals surface area contributed by atoms with Gasteiger partial charge in [0.05, 0.1) is 24.7 Å². The van der Waals surface area contributed by atoms with Gasteiger partial charge >= 0.3 is 29.8 Å². The van der Waals surface area contributed by atoms with E-state index in [0.717, 1.165) is 46.9 Å². The predicted molar refractivity (Wildman–Crippen MR) is 148 cm³/mol. The van der Waals surface area contributed by atoms with Gasteiger partial charge in [0.25, 0.3) is 11.6 Å². The molecule has 1 fully saturated rings. The van der Waals surface area contributed by atoms with Gasteiger partial charge in [0.15, 0.2) is 35.5 Å². The van der Waals surface area contributed by atoms with Crippen LogP contribution in [0.2, 0.25) is 0 Å². The van der Waals surface area contributed by atoms with Crippen molar-refractivity contribution in [1.29, 1.82) is 0 Å². The van der Waals surface area contributed by atoms with E-state index < -0.39 is 95.0 Å². The van der Waals surface area contributed by atoms with E-state index in [-0.39, 0.29) is 11.3 Å². The van der Waals surface area contributed by atoms with E-state index in [9.17, 15) is 38.9 Å². The number of halogens is 2. The second-order valence-electron chi connectivity index (χ2n) is 9.30. The van der Waals surface area contributed by atoms with E-state index in [1.54, 1.807) is 0 Å². The summed E-state index contributed by atoms with van der Waals surface area (Å²) in [6.07, 6.45) is -9.94. The molecule has 1 amide bonds. The van der Waals surface area contributed by atoms with Crippen LogP contribution < -0.4 is 5.32 Å². The molecule has 17 nitrogen and oxygen atoms in total. The Morgan fingerprint density at radius 2 is 1.42 bits per heavy atom. The van der Waals surface area contributed by atoms with Crippen LogP contribution in [0.25, 0.3) is 0 Å². The van der Waals surface area contributed by atoms with Gasteiger partial charge in [0, 0.05) is 39.8 Å². The Morgan fingerprint density at radius 1 is 0.889 bits per heavy atom. The zero-order valence-electron chi connectivity index (χ0n) is 24.5. The first-order valence-electron chi connectivity index (χ1n) is 12.9. The Kier molecular flexibility index (Phi) is 13.9. The fourth-order valence-corrected chi connectivity index (χ4v) is 4.34. The molecule has 0 aliphatic carbocycles. The van der Waals surface area contributed by atoms with Crippen molar-refractivity contribution in [2.24, 2.45) is 0 Å². The van der Waals surface area contributed by atoms with Crippen molar-refractivity contribution in [3.8, 4) is 0 Å². The average molecular weight is 681 g/mol. The summed E-state index contributed by atoms with van der Waals surface area (Å²) in [7, 11) is 1.000. The minimum Gasteiger partial charge on any atom is -0.467 e. The van der Waals surface area contributed by atoms with Crippen LogP contribution in [0.3, 0.4) is 0 Å². The van der Waals surface area contributed by atoms with Crippen LogP contribution in [-0.2, 0) is 61.9 Å². The van der Waals surface area contributed by atoms with E-state index in [1.807, 2.05) is 0 Å². The van der Waals surface area contributed by atoms with Crippen LogP contribution in [0.15, 0.2) is 24.3 Å². The number of hydrogen-bond acceptors (Lipinski definition) is 15. The zero-order valence-corrected chi connectivity index (χ0v) is 26.0. The van der Waals surface area contributed by atoms with Gasteiger partial charge in [-0.1, -0.05) is 23.2 Å². The summed E-state index contributed by atoms with van der Waals surface area (Å²) in [5.41, 5.74) is -0.127. The van der Waals surface area contributed by atoms with Gasteiger partial charge in [0.1, 0.15) is 6.10 Å². The lowest BCUT2D eigenvalue weighted by Crippen LogP contribution is -2.64. The number of non-ortho nitro benzene ring substituents is 1. The molecule has 1 aromatic rings. The fraction of sp³-hybridized carbons (Fsp3) is 0.538. The number of hydrogen-bond donors (Lipinski definition) is 1. The van der Waals surface area contributed by atoms with E-state index in [2.05, 4.69) is 5.32 Å². The van der Waals surface area contributed by atoms with Gasteiger partial charge in [-0.05, 0) is 17.7 Å². The number of amides is 1. The number of carbonyl (C=O) groups is 6. The number of nitro groups is 1. The second kappa shape index (κ2) is 16.9. The van der Waals surface area contributed by atoms with Crippen LogP contribution in [0.4, 0.5) is 5.69 Å². The molecule has 1 saturated heterocycles. The first-order chi connectivity index (χ1) is 21.0. The quantitative estimate of drug-likeness (QED) is 0.102. The van der Waals surface area contributed by atoms with Crippen LogP contribution in [0.1, 0.15) is 39.4 Å². The van der Waals surface area contributed by atoms with Crippen LogP contribution in [0.5, 0.6) is 0 Å². The maximum atomic E-state index is 12.7. The van der Waals surface area contributed by atoms with Crippen molar-refractivity contribution in [1.82, 2.24) is 5.32 Å². The average Bonchev–Trinajstić information content (AvgIpc) is 2.95. The standard InChI is InChI=1S/C26H30Cl2N2O15/c1-11(31)41-18(15-6-8-16(9-7-15)30(37)38)17(29-24(35)23(27)28)10-40-26-22(44-14(4)34)20(43-13(3)33)19(42-12(2)32)21(45-26)25(36)39-5/h6-9,17-23,26H,10H2,1-5H3,(H,29,35)/t17-,18+,19+,20+,21+,22-,26-/m1/s1. The molecule has 1 heterocycles. The highest BCUT2D eigenvalue weighted by Crippen LogP contribution is 2.32. The SMILES string of the molecule is COC(=O)[C@H]1O[C@@H](OC[C@@H](NC(=O)C(Cl)Cl)[C@@H](OC(C)=O)c2ccc([N+](=O)[O-])cc2)[C@H](OC(C)=O)[C@@H](OC(C)=O)[C@@H]1OC(C)=O. The normalized spacial score (nSPS) is 22.3. The third-order valence-corrected chi connectivity index (χ3v) is 6.29. The first-order valence-corrected chi connectivity index (χ1v) is 13.8. The van der Waals surface area contributed by atoms with Crippen molar-refractivity contribution in [2.75, 3.05) is 13.7 Å². The topological polar surface area (TPSA) is 222 Å². The largest absolute Gasteiger partial charge is 0.467 e. The number of ether oxygens (including phenoxy) is 7. The number of nitrogens with zero attached hydrogens (tertiary/aromatic N) is 1. The number of benzene rings is 1. The first kappa shape index (κ1) is 37.1. The molecule has 1 N–H and O–H groups in total. The minimum absolute atomic E-state index is 0.159. The molecule has 0 saturated carbocycles. The highest BCUT2D eigenvalue weighted by atomic mass is 35.5. The molecule has 19 heteroatoms. The van der Waals surface area contributed by atoms with Crippen molar-refractivity contribution in [2.45, 2.75) is 75.4 Å². The smallest absolute Gasteiger partial charge is 0.339 e. The van der Waals surface area contributed by atoms with E-state index in [1.165, 1.54) is 12.1 Å². The summed E-state index contributed by atoms with van der Waals surface area (Å²) in [6.45, 7) is 3.41. The summed E-state index contributed by atoms with van der Waals surface area (Å²) in [5.74, 6) is -5.65. The Morgan fingerprint density at radius 3 is 1.89 bits per heavy atom. The Hall–Kier alpha value is -4.06. The monoisotopic (exact) mass is 680 g/mol. The zero-order chi connectivity index (χ0) is 34.0. The van der Waals surface area contributed by atoms with E-state index >= 15 is 0 Å². The predicted octanol–water partition coefficient (Wildman–Crippen LogP) is 1.20. The van der Waals surface area contributed by atoms with E-state index in [0.29, 0.717) is 0 Å². The number of carbonyl (C=O) groups excluding carboxylic acids is 6. The summed E-state index contributed by atoms with van der Waals surface area (Å²) in [5, 5.41) is 13.6. The summed E-state index contributed by atoms with van der Waals surface area (Å²) in [4.78, 5) is 82.2. The maximum Gasteiger partial charge on any atom is 0.339 e. The highest BCUT2D eigenvalue weighted by Gasteiger charge is 2.55. The molecule has 1 aliphatic rings.